The number of ether oxygens (including phenoxy) is 1. The first-order valence-electron chi connectivity index (χ1n) is 10.5. The summed E-state index contributed by atoms with van der Waals surface area (Å²) >= 11 is 12.6. The lowest BCUT2D eigenvalue weighted by atomic mass is 9.90. The van der Waals surface area contributed by atoms with Crippen LogP contribution in [0, 0.1) is 0 Å². The first-order chi connectivity index (χ1) is 16.3. The van der Waals surface area contributed by atoms with Crippen molar-refractivity contribution in [2.24, 2.45) is 10.2 Å². The fourth-order valence-electron chi connectivity index (χ4n) is 3.94. The molecule has 34 heavy (non-hydrogen) atoms. The highest BCUT2D eigenvalue weighted by Gasteiger charge is 2.33. The van der Waals surface area contributed by atoms with E-state index in [4.69, 9.17) is 38.2 Å². The summed E-state index contributed by atoms with van der Waals surface area (Å²) in [4.78, 5) is 0.0735. The van der Waals surface area contributed by atoms with Crippen LogP contribution in [0.1, 0.15) is 23.5 Å². The van der Waals surface area contributed by atoms with Crippen LogP contribution >= 0.6 is 23.2 Å². The number of allylic oxidation sites excluding steroid dienone is 5. The number of primary sulfonamides is 1. The van der Waals surface area contributed by atoms with Crippen molar-refractivity contribution in [1.29, 1.82) is 0 Å². The lowest BCUT2D eigenvalue weighted by Crippen LogP contribution is -2.31. The average Bonchev–Trinajstić information content (AvgIpc) is 3.26. The van der Waals surface area contributed by atoms with Gasteiger partial charge in [0, 0.05) is 35.1 Å². The predicted octanol–water partition coefficient (Wildman–Crippen LogP) is 4.25. The molecule has 2 aromatic rings. The van der Waals surface area contributed by atoms with Gasteiger partial charge < -0.3 is 10.1 Å². The van der Waals surface area contributed by atoms with Gasteiger partial charge in [-0.25, -0.2) is 18.6 Å². The van der Waals surface area contributed by atoms with Gasteiger partial charge in [-0.1, -0.05) is 65.7 Å². The Labute approximate surface area is 209 Å². The minimum Gasteiger partial charge on any atom is -0.365 e. The van der Waals surface area contributed by atoms with Gasteiger partial charge >= 0.3 is 0 Å². The molecule has 1 aliphatic carbocycles. The van der Waals surface area contributed by atoms with E-state index >= 15 is 0 Å². The van der Waals surface area contributed by atoms with Crippen LogP contribution in [0.5, 0.6) is 0 Å². The molecule has 2 aromatic carbocycles. The van der Waals surface area contributed by atoms with E-state index in [1.807, 2.05) is 42.5 Å². The standard InChI is InChI=1S/C24H24Cl2N4O3S/c1-33-15-28-24(20-13-19(34(27,31)32)11-12-22(20)26)30-14-21(16-5-3-2-4-6-16)23(29-30)17-7-9-18(25)10-8-17/h2-12,21,28H,13-15H2,1H3,(H2,27,31,32). The zero-order valence-electron chi connectivity index (χ0n) is 18.4. The largest absolute Gasteiger partial charge is 0.365 e. The van der Waals surface area contributed by atoms with Crippen LogP contribution in [0.15, 0.2) is 93.2 Å². The number of hydrogen-bond acceptors (Lipinski definition) is 6. The molecular formula is C24H24Cl2N4O3S. The third kappa shape index (κ3) is 5.37. The van der Waals surface area contributed by atoms with Gasteiger partial charge in [-0.2, -0.15) is 5.10 Å². The highest BCUT2D eigenvalue weighted by atomic mass is 35.5. The minimum atomic E-state index is -3.87. The van der Waals surface area contributed by atoms with Gasteiger partial charge in [0.1, 0.15) is 12.6 Å². The second kappa shape index (κ2) is 10.3. The lowest BCUT2D eigenvalue weighted by Gasteiger charge is -2.25. The van der Waals surface area contributed by atoms with E-state index in [2.05, 4.69) is 17.4 Å². The van der Waals surface area contributed by atoms with Crippen molar-refractivity contribution in [2.45, 2.75) is 12.3 Å². The molecule has 178 valence electrons. The van der Waals surface area contributed by atoms with E-state index in [0.717, 1.165) is 16.8 Å². The Hall–Kier alpha value is -2.62. The van der Waals surface area contributed by atoms with Gasteiger partial charge in [0.25, 0.3) is 0 Å². The van der Waals surface area contributed by atoms with E-state index < -0.39 is 10.0 Å². The molecule has 2 aliphatic rings. The number of sulfonamides is 1. The molecule has 0 bridgehead atoms. The van der Waals surface area contributed by atoms with Crippen molar-refractivity contribution in [2.75, 3.05) is 20.4 Å². The molecule has 1 heterocycles. The second-order valence-electron chi connectivity index (χ2n) is 7.84. The summed E-state index contributed by atoms with van der Waals surface area (Å²) in [5, 5.41) is 16.4. The van der Waals surface area contributed by atoms with E-state index in [0.29, 0.717) is 28.0 Å². The van der Waals surface area contributed by atoms with E-state index in [9.17, 15) is 8.42 Å². The Bertz CT molecular complexity index is 1290. The SMILES string of the molecule is COCNC(=C1CC(S(N)(=O)=O)=CC=C1Cl)N1CC(c2ccccc2)C(c2ccc(Cl)cc2)=N1. The summed E-state index contributed by atoms with van der Waals surface area (Å²) in [7, 11) is -2.32. The molecule has 0 amide bonds. The molecule has 10 heteroatoms. The maximum absolute atomic E-state index is 12.0. The molecule has 0 spiro atoms. The van der Waals surface area contributed by atoms with Crippen LogP contribution < -0.4 is 10.5 Å². The minimum absolute atomic E-state index is 0.0399. The quantitative estimate of drug-likeness (QED) is 0.534. The second-order valence-corrected chi connectivity index (χ2v) is 10.3. The van der Waals surface area contributed by atoms with Crippen molar-refractivity contribution in [3.8, 4) is 0 Å². The number of halogens is 2. The Balaban J connectivity index is 1.80. The zero-order valence-corrected chi connectivity index (χ0v) is 20.7. The molecule has 1 atom stereocenters. The topological polar surface area (TPSA) is 97.0 Å². The molecule has 0 saturated heterocycles. The summed E-state index contributed by atoms with van der Waals surface area (Å²) in [6.07, 6.45) is 3.00. The van der Waals surface area contributed by atoms with E-state index in [1.54, 1.807) is 12.1 Å². The smallest absolute Gasteiger partial charge is 0.234 e. The van der Waals surface area contributed by atoms with Crippen LogP contribution in [-0.2, 0) is 14.8 Å². The number of rotatable bonds is 7. The van der Waals surface area contributed by atoms with Crippen LogP contribution in [0.25, 0.3) is 0 Å². The number of hydrogen-bond donors (Lipinski definition) is 2. The summed E-state index contributed by atoms with van der Waals surface area (Å²) in [6.45, 7) is 0.686. The Kier molecular flexibility index (Phi) is 7.45. The number of nitrogens with one attached hydrogen (secondary N) is 1. The summed E-state index contributed by atoms with van der Waals surface area (Å²) in [5.74, 6) is 0.518. The number of nitrogens with two attached hydrogens (primary N) is 1. The van der Waals surface area contributed by atoms with Gasteiger partial charge in [-0.05, 0) is 35.4 Å². The summed E-state index contributed by atoms with van der Waals surface area (Å²) < 4.78 is 29.3. The van der Waals surface area contributed by atoms with Gasteiger partial charge in [-0.15, -0.1) is 0 Å². The van der Waals surface area contributed by atoms with Gasteiger partial charge in [0.2, 0.25) is 10.0 Å². The highest BCUT2D eigenvalue weighted by molar-refractivity contribution is 7.93. The Morgan fingerprint density at radius 2 is 1.85 bits per heavy atom. The van der Waals surface area contributed by atoms with E-state index in [1.165, 1.54) is 12.2 Å². The molecule has 3 N–H and O–H groups in total. The molecule has 7 nitrogen and oxygen atoms in total. The molecule has 0 radical (unpaired) electrons. The molecule has 1 aliphatic heterocycles. The first-order valence-corrected chi connectivity index (χ1v) is 12.8. The van der Waals surface area contributed by atoms with E-state index in [-0.39, 0.29) is 24.0 Å². The number of benzene rings is 2. The fourth-order valence-corrected chi connectivity index (χ4v) is 4.89. The molecule has 0 saturated carbocycles. The third-order valence-corrected chi connectivity index (χ3v) is 7.22. The Morgan fingerprint density at radius 1 is 1.15 bits per heavy atom. The summed E-state index contributed by atoms with van der Waals surface area (Å²) in [6, 6.07) is 17.6. The van der Waals surface area contributed by atoms with Crippen LogP contribution in [0.2, 0.25) is 5.02 Å². The molecule has 1 unspecified atom stereocenters. The third-order valence-electron chi connectivity index (χ3n) is 5.60. The van der Waals surface area contributed by atoms with Gasteiger partial charge in [0.15, 0.2) is 0 Å². The highest BCUT2D eigenvalue weighted by Crippen LogP contribution is 2.36. The maximum atomic E-state index is 12.0. The average molecular weight is 519 g/mol. The van der Waals surface area contributed by atoms with Crippen molar-refractivity contribution >= 4 is 38.9 Å². The zero-order chi connectivity index (χ0) is 24.3. The normalized spacial score (nSPS) is 19.9. The monoisotopic (exact) mass is 518 g/mol. The van der Waals surface area contributed by atoms with Crippen LogP contribution in [0.4, 0.5) is 0 Å². The fraction of sp³-hybridized carbons (Fsp3) is 0.208. The molecule has 0 aromatic heterocycles. The number of methoxy groups -OCH3 is 1. The molecule has 4 rings (SSSR count). The summed E-state index contributed by atoms with van der Waals surface area (Å²) in [5.41, 5.74) is 3.47. The van der Waals surface area contributed by atoms with Crippen molar-refractivity contribution in [1.82, 2.24) is 10.3 Å². The Morgan fingerprint density at radius 3 is 2.50 bits per heavy atom. The lowest BCUT2D eigenvalue weighted by molar-refractivity contribution is 0.170. The van der Waals surface area contributed by atoms with Gasteiger partial charge in [-0.3, -0.25) is 0 Å². The number of nitrogens with zero attached hydrogens (tertiary/aromatic N) is 2. The van der Waals surface area contributed by atoms with Crippen LogP contribution in [-0.4, -0.2) is 39.5 Å². The van der Waals surface area contributed by atoms with Crippen molar-refractivity contribution < 1.29 is 13.2 Å². The van der Waals surface area contributed by atoms with Gasteiger partial charge in [0.05, 0.1) is 17.2 Å². The van der Waals surface area contributed by atoms with Crippen LogP contribution in [0.3, 0.4) is 0 Å². The maximum Gasteiger partial charge on any atom is 0.234 e. The molecular weight excluding hydrogens is 495 g/mol. The predicted molar refractivity (Wildman–Crippen MR) is 136 cm³/mol. The number of hydrazone groups is 1. The molecule has 0 fully saturated rings. The van der Waals surface area contributed by atoms with Crippen molar-refractivity contribution in [3.63, 3.8) is 0 Å². The first kappa shape index (κ1) is 24.5. The van der Waals surface area contributed by atoms with Crippen molar-refractivity contribution in [3.05, 3.63) is 104 Å².